The van der Waals surface area contributed by atoms with E-state index >= 15 is 0 Å². The van der Waals surface area contributed by atoms with Crippen molar-refractivity contribution in [3.63, 3.8) is 0 Å². The summed E-state index contributed by atoms with van der Waals surface area (Å²) in [6.45, 7) is 2.27. The normalized spacial score (nSPS) is 15.2. The van der Waals surface area contributed by atoms with Crippen molar-refractivity contribution in [2.75, 3.05) is 32.8 Å². The van der Waals surface area contributed by atoms with Crippen LogP contribution in [0.3, 0.4) is 0 Å². The average molecular weight is 297 g/mol. The van der Waals surface area contributed by atoms with Gasteiger partial charge in [-0.05, 0) is 17.7 Å². The van der Waals surface area contributed by atoms with Gasteiger partial charge in [-0.15, -0.1) is 0 Å². The average Bonchev–Trinajstić information content (AvgIpc) is 2.43. The summed E-state index contributed by atoms with van der Waals surface area (Å²) in [6.07, 6.45) is 0.314. The molecule has 108 valence electrons. The lowest BCUT2D eigenvalue weighted by Crippen LogP contribution is -2.45. The topological polar surface area (TPSA) is 58.6 Å². The van der Waals surface area contributed by atoms with Crippen molar-refractivity contribution in [3.05, 3.63) is 34.9 Å². The van der Waals surface area contributed by atoms with E-state index in [0.717, 1.165) is 5.56 Å². The van der Waals surface area contributed by atoms with Crippen molar-refractivity contribution in [2.45, 2.75) is 6.42 Å². The van der Waals surface area contributed by atoms with E-state index in [2.05, 4.69) is 5.32 Å². The molecule has 0 aromatic heterocycles. The molecule has 2 rings (SSSR count). The Kier molecular flexibility index (Phi) is 5.38. The highest BCUT2D eigenvalue weighted by molar-refractivity contribution is 6.30. The Bertz CT molecular complexity index is 476. The van der Waals surface area contributed by atoms with Gasteiger partial charge in [0.25, 0.3) is 0 Å². The molecular weight excluding hydrogens is 280 g/mol. The molecule has 0 radical (unpaired) electrons. The molecule has 0 aliphatic carbocycles. The molecule has 1 saturated heterocycles. The van der Waals surface area contributed by atoms with Gasteiger partial charge in [0.1, 0.15) is 6.61 Å². The van der Waals surface area contributed by atoms with Gasteiger partial charge >= 0.3 is 0 Å². The van der Waals surface area contributed by atoms with Gasteiger partial charge in [0.05, 0.1) is 13.0 Å². The minimum absolute atomic E-state index is 0.0248. The number of hydrogen-bond acceptors (Lipinski definition) is 3. The SMILES string of the molecule is O=C(Cc1ccc(Cl)cc1)NCCN1CCOCC1=O. The number of amides is 2. The third kappa shape index (κ3) is 4.51. The number of halogens is 1. The Labute approximate surface area is 122 Å². The molecule has 1 aromatic carbocycles. The Balaban J connectivity index is 1.69. The van der Waals surface area contributed by atoms with Crippen LogP contribution < -0.4 is 5.32 Å². The molecule has 0 atom stereocenters. The molecule has 20 heavy (non-hydrogen) atoms. The molecule has 1 fully saturated rings. The van der Waals surface area contributed by atoms with Crippen LogP contribution in [0, 0.1) is 0 Å². The Morgan fingerprint density at radius 2 is 2.10 bits per heavy atom. The Morgan fingerprint density at radius 3 is 2.80 bits per heavy atom. The number of nitrogens with one attached hydrogen (secondary N) is 1. The van der Waals surface area contributed by atoms with Crippen molar-refractivity contribution in [1.29, 1.82) is 0 Å². The highest BCUT2D eigenvalue weighted by Gasteiger charge is 2.17. The van der Waals surface area contributed by atoms with Gasteiger partial charge in [-0.1, -0.05) is 23.7 Å². The summed E-state index contributed by atoms with van der Waals surface area (Å²) in [4.78, 5) is 24.9. The number of carbonyl (C=O) groups excluding carboxylic acids is 2. The third-order valence-electron chi connectivity index (χ3n) is 3.07. The number of carbonyl (C=O) groups is 2. The van der Waals surface area contributed by atoms with Gasteiger partial charge in [-0.25, -0.2) is 0 Å². The monoisotopic (exact) mass is 296 g/mol. The van der Waals surface area contributed by atoms with Crippen LogP contribution in [0.5, 0.6) is 0 Å². The van der Waals surface area contributed by atoms with Crippen molar-refractivity contribution >= 4 is 23.4 Å². The van der Waals surface area contributed by atoms with Gasteiger partial charge in [0.2, 0.25) is 11.8 Å². The summed E-state index contributed by atoms with van der Waals surface area (Å²) in [7, 11) is 0. The van der Waals surface area contributed by atoms with Crippen LogP contribution in [0.4, 0.5) is 0 Å². The van der Waals surface area contributed by atoms with Crippen LogP contribution >= 0.6 is 11.6 Å². The smallest absolute Gasteiger partial charge is 0.248 e. The van der Waals surface area contributed by atoms with Crippen LogP contribution in [0.15, 0.2) is 24.3 Å². The van der Waals surface area contributed by atoms with E-state index in [0.29, 0.717) is 37.7 Å². The minimum Gasteiger partial charge on any atom is -0.370 e. The van der Waals surface area contributed by atoms with Crippen molar-refractivity contribution in [3.8, 4) is 0 Å². The fourth-order valence-electron chi connectivity index (χ4n) is 1.97. The molecule has 0 saturated carbocycles. The van der Waals surface area contributed by atoms with E-state index in [1.807, 2.05) is 12.1 Å². The second-order valence-electron chi connectivity index (χ2n) is 4.59. The lowest BCUT2D eigenvalue weighted by Gasteiger charge is -2.26. The van der Waals surface area contributed by atoms with Crippen LogP contribution in [-0.2, 0) is 20.7 Å². The molecule has 0 spiro atoms. The fourth-order valence-corrected chi connectivity index (χ4v) is 2.09. The summed E-state index contributed by atoms with van der Waals surface area (Å²) in [5.74, 6) is -0.0868. The molecule has 0 bridgehead atoms. The quantitative estimate of drug-likeness (QED) is 0.877. The van der Waals surface area contributed by atoms with Crippen molar-refractivity contribution in [1.82, 2.24) is 10.2 Å². The molecule has 2 amide bonds. The molecular formula is C14H17ClN2O3. The lowest BCUT2D eigenvalue weighted by atomic mass is 10.1. The predicted octanol–water partition coefficient (Wildman–Crippen LogP) is 0.857. The van der Waals surface area contributed by atoms with E-state index in [9.17, 15) is 9.59 Å². The van der Waals surface area contributed by atoms with Crippen molar-refractivity contribution < 1.29 is 14.3 Å². The molecule has 1 aromatic rings. The van der Waals surface area contributed by atoms with Gasteiger partial charge < -0.3 is 15.0 Å². The summed E-state index contributed by atoms with van der Waals surface area (Å²) >= 11 is 5.78. The second-order valence-corrected chi connectivity index (χ2v) is 5.02. The van der Waals surface area contributed by atoms with E-state index in [-0.39, 0.29) is 18.4 Å². The molecule has 1 N–H and O–H groups in total. The van der Waals surface area contributed by atoms with Crippen LogP contribution in [0.1, 0.15) is 5.56 Å². The molecule has 1 aliphatic rings. The number of nitrogens with zero attached hydrogens (tertiary/aromatic N) is 1. The Morgan fingerprint density at radius 1 is 1.35 bits per heavy atom. The molecule has 5 nitrogen and oxygen atoms in total. The Hall–Kier alpha value is -1.59. The van der Waals surface area contributed by atoms with Gasteiger partial charge in [-0.3, -0.25) is 9.59 Å². The summed E-state index contributed by atoms with van der Waals surface area (Å²) in [6, 6.07) is 7.17. The number of benzene rings is 1. The van der Waals surface area contributed by atoms with Gasteiger partial charge in [0, 0.05) is 24.7 Å². The zero-order chi connectivity index (χ0) is 14.4. The van der Waals surface area contributed by atoms with Gasteiger partial charge in [-0.2, -0.15) is 0 Å². The largest absolute Gasteiger partial charge is 0.370 e. The maximum Gasteiger partial charge on any atom is 0.248 e. The highest BCUT2D eigenvalue weighted by atomic mass is 35.5. The third-order valence-corrected chi connectivity index (χ3v) is 3.32. The van der Waals surface area contributed by atoms with E-state index < -0.39 is 0 Å². The molecule has 0 unspecified atom stereocenters. The summed E-state index contributed by atoms with van der Waals surface area (Å²) < 4.78 is 5.04. The maximum atomic E-state index is 11.7. The van der Waals surface area contributed by atoms with Crippen LogP contribution in [0.25, 0.3) is 0 Å². The first-order valence-corrected chi connectivity index (χ1v) is 6.89. The summed E-state index contributed by atoms with van der Waals surface area (Å²) in [5, 5.41) is 3.46. The number of morpholine rings is 1. The zero-order valence-electron chi connectivity index (χ0n) is 11.1. The molecule has 1 aliphatic heterocycles. The first-order valence-electron chi connectivity index (χ1n) is 6.52. The highest BCUT2D eigenvalue weighted by Crippen LogP contribution is 2.09. The number of ether oxygens (including phenoxy) is 1. The fraction of sp³-hybridized carbons (Fsp3) is 0.429. The van der Waals surface area contributed by atoms with E-state index in [1.54, 1.807) is 17.0 Å². The summed E-state index contributed by atoms with van der Waals surface area (Å²) in [5.41, 5.74) is 0.911. The van der Waals surface area contributed by atoms with Crippen LogP contribution in [-0.4, -0.2) is 49.6 Å². The maximum absolute atomic E-state index is 11.7. The number of hydrogen-bond donors (Lipinski definition) is 1. The number of rotatable bonds is 5. The first-order chi connectivity index (χ1) is 9.65. The van der Waals surface area contributed by atoms with Crippen molar-refractivity contribution in [2.24, 2.45) is 0 Å². The standard InChI is InChI=1S/C14H17ClN2O3/c15-12-3-1-11(2-4-12)9-13(18)16-5-6-17-7-8-20-10-14(17)19/h1-4H,5-10H2,(H,16,18). The second kappa shape index (κ2) is 7.26. The molecule has 6 heteroatoms. The minimum atomic E-state index is -0.0620. The van der Waals surface area contributed by atoms with Crippen LogP contribution in [0.2, 0.25) is 5.02 Å². The van der Waals surface area contributed by atoms with E-state index in [1.165, 1.54) is 0 Å². The predicted molar refractivity (Wildman–Crippen MR) is 75.6 cm³/mol. The van der Waals surface area contributed by atoms with Gasteiger partial charge in [0.15, 0.2) is 0 Å². The first kappa shape index (κ1) is 14.8. The zero-order valence-corrected chi connectivity index (χ0v) is 11.9. The lowest BCUT2D eigenvalue weighted by molar-refractivity contribution is -0.142. The molecule has 1 heterocycles. The van der Waals surface area contributed by atoms with E-state index in [4.69, 9.17) is 16.3 Å².